The second-order valence-corrected chi connectivity index (χ2v) is 5.43. The van der Waals surface area contributed by atoms with Crippen LogP contribution in [0.15, 0.2) is 18.2 Å². The van der Waals surface area contributed by atoms with Crippen LogP contribution in [0, 0.1) is 12.8 Å². The van der Waals surface area contributed by atoms with Crippen LogP contribution in [0.2, 0.25) is 0 Å². The minimum Gasteiger partial charge on any atom is -0.345 e. The zero-order valence-electron chi connectivity index (χ0n) is 13.5. The van der Waals surface area contributed by atoms with E-state index in [0.717, 1.165) is 12.1 Å². The van der Waals surface area contributed by atoms with Gasteiger partial charge in [0.2, 0.25) is 5.91 Å². The summed E-state index contributed by atoms with van der Waals surface area (Å²) in [6.07, 6.45) is 0. The van der Waals surface area contributed by atoms with E-state index in [1.54, 1.807) is 26.2 Å². The van der Waals surface area contributed by atoms with E-state index in [9.17, 15) is 9.59 Å². The topological polar surface area (TPSA) is 61.4 Å². The molecule has 0 aliphatic heterocycles. The fourth-order valence-electron chi connectivity index (χ4n) is 1.86. The Morgan fingerprint density at radius 1 is 1.29 bits per heavy atom. The van der Waals surface area contributed by atoms with Crippen molar-refractivity contribution in [2.75, 3.05) is 32.5 Å². The molecule has 2 amide bonds. The standard InChI is InChI=1S/C16H25N3O2/c1-6-17-10-12(3)15(20)18-14-9-13(8-7-11(14)2)16(21)19(4)5/h7-9,12,17H,6,10H2,1-5H3,(H,18,20). The number of benzene rings is 1. The summed E-state index contributed by atoms with van der Waals surface area (Å²) >= 11 is 0. The van der Waals surface area contributed by atoms with Crippen molar-refractivity contribution in [3.63, 3.8) is 0 Å². The molecule has 116 valence electrons. The third kappa shape index (κ3) is 4.86. The normalized spacial score (nSPS) is 11.9. The molecular formula is C16H25N3O2. The van der Waals surface area contributed by atoms with Gasteiger partial charge in [0.25, 0.3) is 5.91 Å². The van der Waals surface area contributed by atoms with E-state index in [1.165, 1.54) is 4.90 Å². The van der Waals surface area contributed by atoms with Crippen molar-refractivity contribution in [3.8, 4) is 0 Å². The molecule has 2 N–H and O–H groups in total. The van der Waals surface area contributed by atoms with Gasteiger partial charge in [0, 0.05) is 37.8 Å². The summed E-state index contributed by atoms with van der Waals surface area (Å²) in [7, 11) is 3.41. The number of nitrogens with one attached hydrogen (secondary N) is 2. The van der Waals surface area contributed by atoms with Crippen molar-refractivity contribution < 1.29 is 9.59 Å². The monoisotopic (exact) mass is 291 g/mol. The Morgan fingerprint density at radius 2 is 1.95 bits per heavy atom. The number of hydrogen-bond acceptors (Lipinski definition) is 3. The molecule has 5 heteroatoms. The summed E-state index contributed by atoms with van der Waals surface area (Å²) in [6, 6.07) is 5.35. The molecule has 0 aliphatic carbocycles. The molecule has 0 saturated carbocycles. The molecule has 1 unspecified atom stereocenters. The zero-order chi connectivity index (χ0) is 16.0. The molecule has 21 heavy (non-hydrogen) atoms. The molecule has 0 fully saturated rings. The maximum atomic E-state index is 12.1. The van der Waals surface area contributed by atoms with Crippen molar-refractivity contribution >= 4 is 17.5 Å². The van der Waals surface area contributed by atoms with E-state index in [2.05, 4.69) is 10.6 Å². The first-order chi connectivity index (χ1) is 9.86. The minimum atomic E-state index is -0.127. The predicted octanol–water partition coefficient (Wildman–Crippen LogP) is 1.88. The number of anilines is 1. The van der Waals surface area contributed by atoms with Crippen LogP contribution in [-0.4, -0.2) is 43.9 Å². The van der Waals surface area contributed by atoms with E-state index >= 15 is 0 Å². The first-order valence-corrected chi connectivity index (χ1v) is 7.20. The second-order valence-electron chi connectivity index (χ2n) is 5.43. The summed E-state index contributed by atoms with van der Waals surface area (Å²) in [6.45, 7) is 7.27. The molecule has 1 aromatic carbocycles. The summed E-state index contributed by atoms with van der Waals surface area (Å²) in [5.41, 5.74) is 2.20. The molecule has 0 spiro atoms. The summed E-state index contributed by atoms with van der Waals surface area (Å²) in [5, 5.41) is 6.06. The van der Waals surface area contributed by atoms with Gasteiger partial charge in [-0.2, -0.15) is 0 Å². The van der Waals surface area contributed by atoms with Gasteiger partial charge in [0.15, 0.2) is 0 Å². The van der Waals surface area contributed by atoms with Crippen molar-refractivity contribution in [2.24, 2.45) is 5.92 Å². The van der Waals surface area contributed by atoms with E-state index in [-0.39, 0.29) is 17.7 Å². The van der Waals surface area contributed by atoms with Crippen LogP contribution in [-0.2, 0) is 4.79 Å². The van der Waals surface area contributed by atoms with Crippen molar-refractivity contribution in [1.82, 2.24) is 10.2 Å². The van der Waals surface area contributed by atoms with Gasteiger partial charge in [-0.1, -0.05) is 19.9 Å². The average Bonchev–Trinajstić information content (AvgIpc) is 2.45. The molecule has 0 heterocycles. The van der Waals surface area contributed by atoms with Crippen LogP contribution >= 0.6 is 0 Å². The third-order valence-corrected chi connectivity index (χ3v) is 3.30. The Hall–Kier alpha value is -1.88. The van der Waals surface area contributed by atoms with E-state index in [1.807, 2.05) is 26.8 Å². The quantitative estimate of drug-likeness (QED) is 0.841. The van der Waals surface area contributed by atoms with Gasteiger partial charge < -0.3 is 15.5 Å². The second kappa shape index (κ2) is 7.78. The molecule has 1 atom stereocenters. The lowest BCUT2D eigenvalue weighted by Gasteiger charge is -2.16. The fraction of sp³-hybridized carbons (Fsp3) is 0.500. The van der Waals surface area contributed by atoms with Crippen LogP contribution in [0.5, 0.6) is 0 Å². The number of amides is 2. The van der Waals surface area contributed by atoms with Gasteiger partial charge in [-0.3, -0.25) is 9.59 Å². The van der Waals surface area contributed by atoms with Crippen molar-refractivity contribution in [3.05, 3.63) is 29.3 Å². The SMILES string of the molecule is CCNCC(C)C(=O)Nc1cc(C(=O)N(C)C)ccc1C. The van der Waals surface area contributed by atoms with Crippen LogP contribution in [0.25, 0.3) is 0 Å². The van der Waals surface area contributed by atoms with Gasteiger partial charge >= 0.3 is 0 Å². The Bertz CT molecular complexity index is 512. The maximum absolute atomic E-state index is 12.1. The molecule has 0 aromatic heterocycles. The first-order valence-electron chi connectivity index (χ1n) is 7.20. The smallest absolute Gasteiger partial charge is 0.253 e. The summed E-state index contributed by atoms with van der Waals surface area (Å²) < 4.78 is 0. The van der Waals surface area contributed by atoms with Gasteiger partial charge in [0.1, 0.15) is 0 Å². The number of carbonyl (C=O) groups is 2. The third-order valence-electron chi connectivity index (χ3n) is 3.30. The molecule has 0 radical (unpaired) electrons. The first kappa shape index (κ1) is 17.2. The average molecular weight is 291 g/mol. The number of hydrogen-bond donors (Lipinski definition) is 2. The highest BCUT2D eigenvalue weighted by Gasteiger charge is 2.15. The highest BCUT2D eigenvalue weighted by atomic mass is 16.2. The molecule has 1 aromatic rings. The Balaban J connectivity index is 2.85. The van der Waals surface area contributed by atoms with Gasteiger partial charge in [-0.05, 0) is 31.2 Å². The molecular weight excluding hydrogens is 266 g/mol. The number of nitrogens with zero attached hydrogens (tertiary/aromatic N) is 1. The Kier molecular flexibility index (Phi) is 6.37. The Labute approximate surface area is 126 Å². The van der Waals surface area contributed by atoms with Crippen LogP contribution in [0.3, 0.4) is 0 Å². The molecule has 5 nitrogen and oxygen atoms in total. The zero-order valence-corrected chi connectivity index (χ0v) is 13.5. The van der Waals surface area contributed by atoms with Crippen LogP contribution in [0.1, 0.15) is 29.8 Å². The lowest BCUT2D eigenvalue weighted by atomic mass is 10.1. The summed E-state index contributed by atoms with van der Waals surface area (Å²) in [4.78, 5) is 25.6. The number of carbonyl (C=O) groups excluding carboxylic acids is 2. The van der Waals surface area contributed by atoms with E-state index in [4.69, 9.17) is 0 Å². The molecule has 0 saturated heterocycles. The van der Waals surface area contributed by atoms with Crippen LogP contribution < -0.4 is 10.6 Å². The molecule has 1 rings (SSSR count). The maximum Gasteiger partial charge on any atom is 0.253 e. The van der Waals surface area contributed by atoms with Crippen molar-refractivity contribution in [1.29, 1.82) is 0 Å². The highest BCUT2D eigenvalue weighted by molar-refractivity contribution is 5.98. The molecule has 0 aliphatic rings. The van der Waals surface area contributed by atoms with Crippen LogP contribution in [0.4, 0.5) is 5.69 Å². The lowest BCUT2D eigenvalue weighted by molar-refractivity contribution is -0.119. The van der Waals surface area contributed by atoms with Crippen molar-refractivity contribution in [2.45, 2.75) is 20.8 Å². The van der Waals surface area contributed by atoms with E-state index < -0.39 is 0 Å². The minimum absolute atomic E-state index is 0.0477. The van der Waals surface area contributed by atoms with Gasteiger partial charge in [-0.15, -0.1) is 0 Å². The Morgan fingerprint density at radius 3 is 2.52 bits per heavy atom. The van der Waals surface area contributed by atoms with E-state index in [0.29, 0.717) is 17.8 Å². The van der Waals surface area contributed by atoms with Gasteiger partial charge in [-0.25, -0.2) is 0 Å². The van der Waals surface area contributed by atoms with Gasteiger partial charge in [0.05, 0.1) is 0 Å². The largest absolute Gasteiger partial charge is 0.345 e. The predicted molar refractivity (Wildman–Crippen MR) is 85.5 cm³/mol. The number of rotatable bonds is 6. The molecule has 0 bridgehead atoms. The fourth-order valence-corrected chi connectivity index (χ4v) is 1.86. The number of aryl methyl sites for hydroxylation is 1. The lowest BCUT2D eigenvalue weighted by Crippen LogP contribution is -2.30. The summed E-state index contributed by atoms with van der Waals surface area (Å²) in [5.74, 6) is -0.253. The highest BCUT2D eigenvalue weighted by Crippen LogP contribution is 2.18.